The monoisotopic (exact) mass is 251 g/mol. The molecule has 96 valence electrons. The number of aromatic amines is 1. The van der Waals surface area contributed by atoms with Crippen molar-refractivity contribution in [2.24, 2.45) is 5.73 Å². The normalized spacial score (nSPS) is 28.0. The van der Waals surface area contributed by atoms with Crippen molar-refractivity contribution in [1.82, 2.24) is 19.5 Å². The highest BCUT2D eigenvalue weighted by Gasteiger charge is 2.34. The molecule has 0 saturated carbocycles. The Morgan fingerprint density at radius 3 is 3.17 bits per heavy atom. The summed E-state index contributed by atoms with van der Waals surface area (Å²) in [6.07, 6.45) is 2.63. The van der Waals surface area contributed by atoms with Crippen LogP contribution in [0.5, 0.6) is 0 Å². The third-order valence-electron chi connectivity index (χ3n) is 3.14. The minimum absolute atomic E-state index is 0.127. The van der Waals surface area contributed by atoms with Crippen molar-refractivity contribution in [3.05, 3.63) is 23.0 Å². The summed E-state index contributed by atoms with van der Waals surface area (Å²) in [5.41, 5.74) is 6.28. The fourth-order valence-corrected chi connectivity index (χ4v) is 2.17. The molecule has 2 aromatic heterocycles. The van der Waals surface area contributed by atoms with Crippen LogP contribution in [0.1, 0.15) is 12.6 Å². The Labute approximate surface area is 101 Å². The Morgan fingerprint density at radius 2 is 2.44 bits per heavy atom. The van der Waals surface area contributed by atoms with Crippen LogP contribution < -0.4 is 11.3 Å². The van der Waals surface area contributed by atoms with Crippen LogP contribution in [0.25, 0.3) is 11.2 Å². The first-order valence-electron chi connectivity index (χ1n) is 5.63. The maximum absolute atomic E-state index is 11.5. The minimum atomic E-state index is -0.394. The Hall–Kier alpha value is -1.77. The number of hydrogen-bond acceptors (Lipinski definition) is 6. The molecule has 8 nitrogen and oxygen atoms in total. The first-order valence-corrected chi connectivity index (χ1v) is 5.63. The molecule has 1 aliphatic rings. The summed E-state index contributed by atoms with van der Waals surface area (Å²) < 4.78 is 7.28. The average molecular weight is 251 g/mol. The maximum Gasteiger partial charge on any atom is 0.278 e. The summed E-state index contributed by atoms with van der Waals surface area (Å²) in [5.74, 6) is 0. The third kappa shape index (κ3) is 1.62. The van der Waals surface area contributed by atoms with E-state index in [9.17, 15) is 4.79 Å². The van der Waals surface area contributed by atoms with E-state index in [-0.39, 0.29) is 30.0 Å². The molecule has 0 bridgehead atoms. The van der Waals surface area contributed by atoms with Gasteiger partial charge in [-0.15, -0.1) is 0 Å². The summed E-state index contributed by atoms with van der Waals surface area (Å²) in [6.45, 7) is -0.127. The molecule has 0 radical (unpaired) electrons. The molecule has 4 N–H and O–H groups in total. The van der Waals surface area contributed by atoms with Crippen molar-refractivity contribution in [1.29, 1.82) is 0 Å². The molecule has 1 fully saturated rings. The first kappa shape index (κ1) is 11.3. The first-order chi connectivity index (χ1) is 8.70. The Bertz CT molecular complexity index is 621. The van der Waals surface area contributed by atoms with E-state index in [1.807, 2.05) is 0 Å². The number of hydrogen-bond donors (Lipinski definition) is 3. The number of nitrogens with zero attached hydrogens (tertiary/aromatic N) is 3. The molecule has 3 rings (SSSR count). The molecule has 3 heterocycles. The van der Waals surface area contributed by atoms with Gasteiger partial charge in [0, 0.05) is 12.5 Å². The molecule has 0 aliphatic carbocycles. The summed E-state index contributed by atoms with van der Waals surface area (Å²) >= 11 is 0. The van der Waals surface area contributed by atoms with Gasteiger partial charge in [0.1, 0.15) is 6.23 Å². The molecule has 1 aliphatic heterocycles. The number of nitrogens with two attached hydrogens (primary N) is 1. The van der Waals surface area contributed by atoms with Crippen LogP contribution in [0.3, 0.4) is 0 Å². The predicted molar refractivity (Wildman–Crippen MR) is 61.7 cm³/mol. The van der Waals surface area contributed by atoms with Crippen LogP contribution in [0.2, 0.25) is 0 Å². The quantitative estimate of drug-likeness (QED) is 0.612. The molecular weight excluding hydrogens is 238 g/mol. The van der Waals surface area contributed by atoms with Gasteiger partial charge in [0.25, 0.3) is 5.56 Å². The standard InChI is InChI=1S/C10H13N5O3/c11-5-1-7(18-6(5)2-16)15-4-14-8-9(15)12-3-13-10(8)17/h3-7,16H,1-2,11H2,(H,12,13,17)/t5-,6+,7+/m0/s1. The van der Waals surface area contributed by atoms with E-state index < -0.39 is 6.10 Å². The van der Waals surface area contributed by atoms with Gasteiger partial charge in [0.2, 0.25) is 0 Å². The molecule has 0 unspecified atom stereocenters. The predicted octanol–water partition coefficient (Wildman–Crippen LogP) is -1.27. The van der Waals surface area contributed by atoms with Crippen LogP contribution in [-0.4, -0.2) is 43.4 Å². The molecule has 18 heavy (non-hydrogen) atoms. The molecule has 8 heteroatoms. The van der Waals surface area contributed by atoms with Crippen LogP contribution in [-0.2, 0) is 4.74 Å². The summed E-state index contributed by atoms with van der Waals surface area (Å²) in [6, 6.07) is -0.237. The molecule has 0 amide bonds. The molecule has 0 spiro atoms. The number of aromatic nitrogens is 4. The number of nitrogens with one attached hydrogen (secondary N) is 1. The Kier molecular flexibility index (Phi) is 2.62. The number of imidazole rings is 1. The van der Waals surface area contributed by atoms with Crippen LogP contribution in [0.15, 0.2) is 17.4 Å². The summed E-state index contributed by atoms with van der Waals surface area (Å²) in [4.78, 5) is 22.1. The van der Waals surface area contributed by atoms with E-state index in [1.165, 1.54) is 12.7 Å². The molecule has 0 aromatic carbocycles. The van der Waals surface area contributed by atoms with Gasteiger partial charge in [0.15, 0.2) is 11.2 Å². The van der Waals surface area contributed by atoms with E-state index in [4.69, 9.17) is 15.6 Å². The van der Waals surface area contributed by atoms with E-state index in [0.29, 0.717) is 12.1 Å². The highest BCUT2D eigenvalue weighted by molar-refractivity contribution is 5.68. The van der Waals surface area contributed by atoms with Gasteiger partial charge in [-0.05, 0) is 0 Å². The van der Waals surface area contributed by atoms with Crippen molar-refractivity contribution in [3.8, 4) is 0 Å². The second-order valence-electron chi connectivity index (χ2n) is 4.27. The van der Waals surface area contributed by atoms with Crippen LogP contribution in [0.4, 0.5) is 0 Å². The summed E-state index contributed by atoms with van der Waals surface area (Å²) in [7, 11) is 0. The molecule has 3 atom stereocenters. The molecule has 2 aromatic rings. The lowest BCUT2D eigenvalue weighted by Gasteiger charge is -2.13. The minimum Gasteiger partial charge on any atom is -0.394 e. The Morgan fingerprint density at radius 1 is 1.61 bits per heavy atom. The van der Waals surface area contributed by atoms with Gasteiger partial charge in [-0.2, -0.15) is 0 Å². The lowest BCUT2D eigenvalue weighted by Crippen LogP contribution is -2.32. The van der Waals surface area contributed by atoms with Crippen molar-refractivity contribution < 1.29 is 9.84 Å². The van der Waals surface area contributed by atoms with Crippen molar-refractivity contribution >= 4 is 11.2 Å². The number of rotatable bonds is 2. The zero-order valence-corrected chi connectivity index (χ0v) is 9.48. The van der Waals surface area contributed by atoms with E-state index >= 15 is 0 Å². The average Bonchev–Trinajstić information content (AvgIpc) is 2.93. The molecular formula is C10H13N5O3. The summed E-state index contributed by atoms with van der Waals surface area (Å²) in [5, 5.41) is 9.11. The van der Waals surface area contributed by atoms with E-state index in [0.717, 1.165) is 0 Å². The van der Waals surface area contributed by atoms with Crippen LogP contribution in [0, 0.1) is 0 Å². The van der Waals surface area contributed by atoms with Gasteiger partial charge in [-0.1, -0.05) is 0 Å². The smallest absolute Gasteiger partial charge is 0.278 e. The number of H-pyrrole nitrogens is 1. The van der Waals surface area contributed by atoms with Gasteiger partial charge < -0.3 is 20.6 Å². The van der Waals surface area contributed by atoms with Gasteiger partial charge in [-0.3, -0.25) is 9.36 Å². The number of ether oxygens (including phenoxy) is 1. The zero-order valence-electron chi connectivity index (χ0n) is 9.48. The molecule has 1 saturated heterocycles. The number of aliphatic hydroxyl groups excluding tert-OH is 1. The third-order valence-corrected chi connectivity index (χ3v) is 3.14. The maximum atomic E-state index is 11.5. The van der Waals surface area contributed by atoms with Crippen molar-refractivity contribution in [3.63, 3.8) is 0 Å². The van der Waals surface area contributed by atoms with Crippen molar-refractivity contribution in [2.75, 3.05) is 6.61 Å². The highest BCUT2D eigenvalue weighted by Crippen LogP contribution is 2.28. The number of aliphatic hydroxyl groups is 1. The zero-order chi connectivity index (χ0) is 12.7. The fourth-order valence-electron chi connectivity index (χ4n) is 2.17. The van der Waals surface area contributed by atoms with Crippen molar-refractivity contribution in [2.45, 2.75) is 24.8 Å². The van der Waals surface area contributed by atoms with Gasteiger partial charge >= 0.3 is 0 Å². The lowest BCUT2D eigenvalue weighted by atomic mass is 10.1. The largest absolute Gasteiger partial charge is 0.394 e. The van der Waals surface area contributed by atoms with Gasteiger partial charge in [-0.25, -0.2) is 9.97 Å². The Balaban J connectivity index is 2.01. The van der Waals surface area contributed by atoms with Gasteiger partial charge in [0.05, 0.1) is 25.4 Å². The lowest BCUT2D eigenvalue weighted by molar-refractivity contribution is -0.0233. The second-order valence-corrected chi connectivity index (χ2v) is 4.27. The fraction of sp³-hybridized carbons (Fsp3) is 0.500. The van der Waals surface area contributed by atoms with E-state index in [2.05, 4.69) is 15.0 Å². The second kappa shape index (κ2) is 4.16. The van der Waals surface area contributed by atoms with Crippen LogP contribution >= 0.6 is 0 Å². The number of fused-ring (bicyclic) bond motifs is 1. The highest BCUT2D eigenvalue weighted by atomic mass is 16.5. The topological polar surface area (TPSA) is 119 Å². The SMILES string of the molecule is N[C@H]1C[C@H](n2cnc3c(=O)[nH]cnc32)O[C@@H]1CO. The van der Waals surface area contributed by atoms with E-state index in [1.54, 1.807) is 4.57 Å².